The zero-order chi connectivity index (χ0) is 15.9. The minimum Gasteiger partial charge on any atom is -0.381 e. The molecule has 4 rings (SSSR count). The van der Waals surface area contributed by atoms with Crippen molar-refractivity contribution in [3.8, 4) is 0 Å². The number of piperazine rings is 1. The van der Waals surface area contributed by atoms with Crippen molar-refractivity contribution in [3.05, 3.63) is 18.2 Å². The number of H-pyrrole nitrogens is 1. The largest absolute Gasteiger partial charge is 0.381 e. The normalized spacial score (nSPS) is 30.6. The molecule has 1 spiro atoms. The molecule has 1 N–H and O–H groups in total. The molecule has 3 heterocycles. The SMILES string of the molecule is CCN1CCN(C(=O)[C@@H]2CC23CCOCC3)C[C@H]1c1ncc[nH]1. The fourth-order valence-corrected chi connectivity index (χ4v) is 4.37. The number of nitrogens with one attached hydrogen (secondary N) is 1. The molecule has 0 aromatic carbocycles. The number of aromatic nitrogens is 2. The maximum atomic E-state index is 13.0. The molecule has 0 bridgehead atoms. The second kappa shape index (κ2) is 5.91. The van der Waals surface area contributed by atoms with Crippen LogP contribution < -0.4 is 0 Å². The molecule has 23 heavy (non-hydrogen) atoms. The molecule has 1 aromatic rings. The van der Waals surface area contributed by atoms with Crippen molar-refractivity contribution in [1.29, 1.82) is 0 Å². The minimum atomic E-state index is 0.192. The zero-order valence-electron chi connectivity index (χ0n) is 13.8. The first kappa shape index (κ1) is 15.1. The molecule has 6 nitrogen and oxygen atoms in total. The number of ether oxygens (including phenoxy) is 1. The minimum absolute atomic E-state index is 0.192. The molecule has 2 aliphatic heterocycles. The van der Waals surface area contributed by atoms with Gasteiger partial charge in [0.15, 0.2) is 0 Å². The standard InChI is InChI=1S/C17H26N4O2/c1-2-20-7-8-21(12-14(20)15-18-5-6-19-15)16(22)13-11-17(13)3-9-23-10-4-17/h5-6,13-14H,2-4,7-12H2,1H3,(H,18,19)/t13-,14-/m0/s1. The third kappa shape index (κ3) is 2.68. The van der Waals surface area contributed by atoms with E-state index in [-0.39, 0.29) is 17.4 Å². The second-order valence-corrected chi connectivity index (χ2v) is 7.13. The lowest BCUT2D eigenvalue weighted by atomic mass is 9.93. The van der Waals surface area contributed by atoms with Crippen molar-refractivity contribution in [1.82, 2.24) is 19.8 Å². The lowest BCUT2D eigenvalue weighted by molar-refractivity contribution is -0.137. The molecule has 3 aliphatic rings. The Morgan fingerprint density at radius 2 is 2.26 bits per heavy atom. The summed E-state index contributed by atoms with van der Waals surface area (Å²) in [5, 5.41) is 0. The van der Waals surface area contributed by atoms with Gasteiger partial charge < -0.3 is 14.6 Å². The van der Waals surface area contributed by atoms with Crippen molar-refractivity contribution >= 4 is 5.91 Å². The van der Waals surface area contributed by atoms with Gasteiger partial charge in [-0.25, -0.2) is 4.98 Å². The molecule has 1 amide bonds. The molecule has 2 saturated heterocycles. The van der Waals surface area contributed by atoms with E-state index in [0.29, 0.717) is 5.91 Å². The molecule has 1 aromatic heterocycles. The molecule has 1 aliphatic carbocycles. The molecular weight excluding hydrogens is 292 g/mol. The Hall–Kier alpha value is -1.40. The van der Waals surface area contributed by atoms with Crippen molar-refractivity contribution in [3.63, 3.8) is 0 Å². The number of rotatable bonds is 3. The van der Waals surface area contributed by atoms with Gasteiger partial charge in [0.25, 0.3) is 0 Å². The van der Waals surface area contributed by atoms with Gasteiger partial charge in [-0.3, -0.25) is 9.69 Å². The summed E-state index contributed by atoms with van der Waals surface area (Å²) in [5.74, 6) is 1.57. The van der Waals surface area contributed by atoms with Crippen LogP contribution in [0.15, 0.2) is 12.4 Å². The van der Waals surface area contributed by atoms with Gasteiger partial charge in [0.05, 0.1) is 6.04 Å². The van der Waals surface area contributed by atoms with Crippen LogP contribution in [0.5, 0.6) is 0 Å². The fourth-order valence-electron chi connectivity index (χ4n) is 4.37. The Labute approximate surface area is 137 Å². The number of hydrogen-bond acceptors (Lipinski definition) is 4. The van der Waals surface area contributed by atoms with Crippen molar-refractivity contribution in [2.75, 3.05) is 39.4 Å². The summed E-state index contributed by atoms with van der Waals surface area (Å²) in [6, 6.07) is 0.192. The van der Waals surface area contributed by atoms with Crippen LogP contribution in [0.4, 0.5) is 0 Å². The molecule has 2 atom stereocenters. The predicted octanol–water partition coefficient (Wildman–Crippen LogP) is 1.43. The quantitative estimate of drug-likeness (QED) is 0.916. The van der Waals surface area contributed by atoms with E-state index >= 15 is 0 Å². The van der Waals surface area contributed by atoms with E-state index < -0.39 is 0 Å². The number of nitrogens with zero attached hydrogens (tertiary/aromatic N) is 3. The molecule has 0 unspecified atom stereocenters. The maximum absolute atomic E-state index is 13.0. The van der Waals surface area contributed by atoms with E-state index in [1.165, 1.54) is 0 Å². The highest BCUT2D eigenvalue weighted by Gasteiger charge is 2.59. The molecule has 1 saturated carbocycles. The Kier molecular flexibility index (Phi) is 3.89. The van der Waals surface area contributed by atoms with Crippen LogP contribution in [0.2, 0.25) is 0 Å². The number of hydrogen-bond donors (Lipinski definition) is 1. The van der Waals surface area contributed by atoms with Crippen LogP contribution in [0, 0.1) is 11.3 Å². The van der Waals surface area contributed by atoms with Gasteiger partial charge >= 0.3 is 0 Å². The average Bonchev–Trinajstić information content (AvgIpc) is 3.02. The lowest BCUT2D eigenvalue weighted by Crippen LogP contribution is -2.51. The fraction of sp³-hybridized carbons (Fsp3) is 0.765. The highest BCUT2D eigenvalue weighted by molar-refractivity contribution is 5.83. The Balaban J connectivity index is 1.44. The lowest BCUT2D eigenvalue weighted by Gasteiger charge is -2.40. The number of likely N-dealkylation sites (N-methyl/N-ethyl adjacent to an activating group) is 1. The highest BCUT2D eigenvalue weighted by atomic mass is 16.5. The average molecular weight is 318 g/mol. The molecule has 126 valence electrons. The van der Waals surface area contributed by atoms with Crippen LogP contribution in [0.1, 0.15) is 38.1 Å². The summed E-state index contributed by atoms with van der Waals surface area (Å²) in [6.45, 7) is 7.32. The first-order chi connectivity index (χ1) is 11.2. The topological polar surface area (TPSA) is 61.5 Å². The molecule has 0 radical (unpaired) electrons. The van der Waals surface area contributed by atoms with E-state index in [4.69, 9.17) is 4.74 Å². The van der Waals surface area contributed by atoms with Crippen molar-refractivity contribution in [2.24, 2.45) is 11.3 Å². The maximum Gasteiger partial charge on any atom is 0.226 e. The first-order valence-corrected chi connectivity index (χ1v) is 8.83. The van der Waals surface area contributed by atoms with Crippen LogP contribution in [-0.4, -0.2) is 65.1 Å². The third-order valence-corrected chi connectivity index (χ3v) is 6.02. The summed E-state index contributed by atoms with van der Waals surface area (Å²) in [6.07, 6.45) is 6.83. The van der Waals surface area contributed by atoms with Gasteiger partial charge in [0.1, 0.15) is 5.82 Å². The number of carbonyl (C=O) groups excluding carboxylic acids is 1. The number of carbonyl (C=O) groups is 1. The summed E-state index contributed by atoms with van der Waals surface area (Å²) < 4.78 is 5.47. The van der Waals surface area contributed by atoms with E-state index in [1.54, 1.807) is 6.20 Å². The van der Waals surface area contributed by atoms with Crippen molar-refractivity contribution in [2.45, 2.75) is 32.2 Å². The second-order valence-electron chi connectivity index (χ2n) is 7.13. The van der Waals surface area contributed by atoms with Gasteiger partial charge in [0.2, 0.25) is 5.91 Å². The summed E-state index contributed by atoms with van der Waals surface area (Å²) in [7, 11) is 0. The van der Waals surface area contributed by atoms with Gasteiger partial charge in [-0.05, 0) is 31.2 Å². The van der Waals surface area contributed by atoms with Gasteiger partial charge in [-0.15, -0.1) is 0 Å². The number of aromatic amines is 1. The molecule has 6 heteroatoms. The third-order valence-electron chi connectivity index (χ3n) is 6.02. The predicted molar refractivity (Wildman–Crippen MR) is 85.7 cm³/mol. The van der Waals surface area contributed by atoms with Crippen LogP contribution in [-0.2, 0) is 9.53 Å². The summed E-state index contributed by atoms with van der Waals surface area (Å²) in [5.41, 5.74) is 0.261. The van der Waals surface area contributed by atoms with Crippen LogP contribution in [0.3, 0.4) is 0 Å². The van der Waals surface area contributed by atoms with Gasteiger partial charge in [-0.1, -0.05) is 6.92 Å². The van der Waals surface area contributed by atoms with E-state index in [2.05, 4.69) is 26.7 Å². The Bertz CT molecular complexity index is 553. The summed E-state index contributed by atoms with van der Waals surface area (Å²) >= 11 is 0. The Morgan fingerprint density at radius 1 is 1.43 bits per heavy atom. The molecule has 3 fully saturated rings. The number of imidazole rings is 1. The van der Waals surface area contributed by atoms with Crippen LogP contribution in [0.25, 0.3) is 0 Å². The van der Waals surface area contributed by atoms with Gasteiger partial charge in [-0.2, -0.15) is 0 Å². The molecular formula is C17H26N4O2. The van der Waals surface area contributed by atoms with E-state index in [9.17, 15) is 4.79 Å². The van der Waals surface area contributed by atoms with Gasteiger partial charge in [0, 0.05) is 51.2 Å². The summed E-state index contributed by atoms with van der Waals surface area (Å²) in [4.78, 5) is 25.1. The first-order valence-electron chi connectivity index (χ1n) is 8.83. The Morgan fingerprint density at radius 3 is 2.96 bits per heavy atom. The monoisotopic (exact) mass is 318 g/mol. The highest BCUT2D eigenvalue weighted by Crippen LogP contribution is 2.59. The smallest absolute Gasteiger partial charge is 0.226 e. The van der Waals surface area contributed by atoms with E-state index in [1.807, 2.05) is 6.20 Å². The number of amides is 1. The van der Waals surface area contributed by atoms with Crippen LogP contribution >= 0.6 is 0 Å². The zero-order valence-corrected chi connectivity index (χ0v) is 13.8. The van der Waals surface area contributed by atoms with Crippen molar-refractivity contribution < 1.29 is 9.53 Å². The van der Waals surface area contributed by atoms with E-state index in [0.717, 1.165) is 64.5 Å².